The van der Waals surface area contributed by atoms with E-state index in [0.29, 0.717) is 32.8 Å². The molecule has 2 aromatic carbocycles. The quantitative estimate of drug-likeness (QED) is 0.385. The van der Waals surface area contributed by atoms with Gasteiger partial charge < -0.3 is 26.0 Å². The SMILES string of the molecule is CCOC(=O)C1=C(C)NC(=S)NC1c1ccc(NC(=O)Nc2c(C)cccc2Cl)cc1. The van der Waals surface area contributed by atoms with Crippen molar-refractivity contribution in [3.63, 3.8) is 0 Å². The molecule has 0 aliphatic carbocycles. The van der Waals surface area contributed by atoms with Crippen molar-refractivity contribution in [3.8, 4) is 0 Å². The number of aryl methyl sites for hydroxylation is 1. The van der Waals surface area contributed by atoms with Gasteiger partial charge in [0, 0.05) is 11.4 Å². The topological polar surface area (TPSA) is 91.5 Å². The van der Waals surface area contributed by atoms with E-state index >= 15 is 0 Å². The van der Waals surface area contributed by atoms with Gasteiger partial charge in [0.25, 0.3) is 0 Å². The second-order valence-corrected chi connectivity index (χ2v) is 7.74. The lowest BCUT2D eigenvalue weighted by Gasteiger charge is -2.29. The molecular weight excluding hydrogens is 436 g/mol. The summed E-state index contributed by atoms with van der Waals surface area (Å²) in [5.41, 5.74) is 3.91. The molecule has 0 spiro atoms. The van der Waals surface area contributed by atoms with Crippen LogP contribution in [-0.2, 0) is 9.53 Å². The second kappa shape index (κ2) is 9.80. The van der Waals surface area contributed by atoms with Crippen LogP contribution in [0.15, 0.2) is 53.7 Å². The minimum atomic E-state index is -0.457. The normalized spacial score (nSPS) is 15.6. The Bertz CT molecular complexity index is 1030. The second-order valence-electron chi connectivity index (χ2n) is 6.92. The van der Waals surface area contributed by atoms with Gasteiger partial charge in [0.1, 0.15) is 0 Å². The third-order valence-corrected chi connectivity index (χ3v) is 5.26. The van der Waals surface area contributed by atoms with Crippen molar-refractivity contribution in [2.24, 2.45) is 0 Å². The lowest BCUT2D eigenvalue weighted by atomic mass is 9.95. The van der Waals surface area contributed by atoms with Gasteiger partial charge in [0.05, 0.1) is 28.9 Å². The van der Waals surface area contributed by atoms with Crippen LogP contribution in [0.4, 0.5) is 16.2 Å². The molecule has 1 aliphatic rings. The Kier molecular flexibility index (Phi) is 7.14. The van der Waals surface area contributed by atoms with Crippen LogP contribution in [0.2, 0.25) is 5.02 Å². The Hall–Kier alpha value is -3.10. The fourth-order valence-corrected chi connectivity index (χ4v) is 3.79. The molecule has 31 heavy (non-hydrogen) atoms. The molecule has 162 valence electrons. The average molecular weight is 459 g/mol. The van der Waals surface area contributed by atoms with Gasteiger partial charge in [0.15, 0.2) is 5.11 Å². The van der Waals surface area contributed by atoms with Gasteiger partial charge >= 0.3 is 12.0 Å². The van der Waals surface area contributed by atoms with Crippen molar-refractivity contribution >= 4 is 52.3 Å². The van der Waals surface area contributed by atoms with Crippen molar-refractivity contribution < 1.29 is 14.3 Å². The molecule has 9 heteroatoms. The monoisotopic (exact) mass is 458 g/mol. The van der Waals surface area contributed by atoms with Crippen molar-refractivity contribution in [2.75, 3.05) is 17.2 Å². The van der Waals surface area contributed by atoms with Crippen molar-refractivity contribution in [2.45, 2.75) is 26.8 Å². The summed E-state index contributed by atoms with van der Waals surface area (Å²) in [6, 6.07) is 11.7. The summed E-state index contributed by atoms with van der Waals surface area (Å²) >= 11 is 11.4. The number of carbonyl (C=O) groups is 2. The number of esters is 1. The standard InChI is InChI=1S/C22H23ClN4O3S/c1-4-30-20(28)17-13(3)24-22(31)27-19(17)14-8-10-15(11-9-14)25-21(29)26-18-12(2)6-5-7-16(18)23/h5-11,19H,4H2,1-3H3,(H2,24,27,31)(H2,25,26,29). The van der Waals surface area contributed by atoms with Crippen LogP contribution in [-0.4, -0.2) is 23.7 Å². The summed E-state index contributed by atoms with van der Waals surface area (Å²) in [7, 11) is 0. The van der Waals surface area contributed by atoms with Crippen LogP contribution in [0.25, 0.3) is 0 Å². The first kappa shape index (κ1) is 22.6. The Morgan fingerprint density at radius 3 is 2.48 bits per heavy atom. The number of para-hydroxylation sites is 1. The number of thiocarbonyl (C=S) groups is 1. The molecule has 0 aromatic heterocycles. The fourth-order valence-electron chi connectivity index (χ4n) is 3.25. The lowest BCUT2D eigenvalue weighted by Crippen LogP contribution is -2.45. The summed E-state index contributed by atoms with van der Waals surface area (Å²) in [6.45, 7) is 5.68. The van der Waals surface area contributed by atoms with Crippen LogP contribution in [0, 0.1) is 6.92 Å². The van der Waals surface area contributed by atoms with E-state index in [1.807, 2.05) is 31.2 Å². The van der Waals surface area contributed by atoms with Gasteiger partial charge in [-0.2, -0.15) is 0 Å². The zero-order chi connectivity index (χ0) is 22.5. The molecule has 1 atom stereocenters. The molecule has 2 amide bonds. The highest BCUT2D eigenvalue weighted by molar-refractivity contribution is 7.80. The van der Waals surface area contributed by atoms with Gasteiger partial charge in [-0.25, -0.2) is 9.59 Å². The van der Waals surface area contributed by atoms with Crippen molar-refractivity contribution in [3.05, 3.63) is 69.9 Å². The first-order valence-corrected chi connectivity index (χ1v) is 10.5. The average Bonchev–Trinajstić information content (AvgIpc) is 2.71. The minimum absolute atomic E-state index is 0.273. The zero-order valence-corrected chi connectivity index (χ0v) is 18.9. The Balaban J connectivity index is 1.76. The molecule has 0 radical (unpaired) electrons. The maximum Gasteiger partial charge on any atom is 0.338 e. The van der Waals surface area contributed by atoms with E-state index in [2.05, 4.69) is 21.3 Å². The number of ether oxygens (including phenoxy) is 1. The fraction of sp³-hybridized carbons (Fsp3) is 0.227. The Labute approximate surface area is 191 Å². The predicted octanol–water partition coefficient (Wildman–Crippen LogP) is 4.65. The Morgan fingerprint density at radius 2 is 1.84 bits per heavy atom. The number of amides is 2. The van der Waals surface area contributed by atoms with E-state index in [4.69, 9.17) is 28.6 Å². The molecular formula is C22H23ClN4O3S. The number of anilines is 2. The number of benzene rings is 2. The zero-order valence-electron chi connectivity index (χ0n) is 17.3. The molecule has 0 bridgehead atoms. The molecule has 2 aromatic rings. The van der Waals surface area contributed by atoms with Crippen LogP contribution >= 0.6 is 23.8 Å². The van der Waals surface area contributed by atoms with Crippen LogP contribution in [0.3, 0.4) is 0 Å². The highest BCUT2D eigenvalue weighted by Gasteiger charge is 2.30. The maximum atomic E-state index is 12.5. The molecule has 0 saturated heterocycles. The van der Waals surface area contributed by atoms with E-state index in [9.17, 15) is 9.59 Å². The van der Waals surface area contributed by atoms with Crippen LogP contribution in [0.5, 0.6) is 0 Å². The smallest absolute Gasteiger partial charge is 0.338 e. The maximum absolute atomic E-state index is 12.5. The molecule has 1 heterocycles. The van der Waals surface area contributed by atoms with E-state index < -0.39 is 18.0 Å². The minimum Gasteiger partial charge on any atom is -0.463 e. The Morgan fingerprint density at radius 1 is 1.13 bits per heavy atom. The lowest BCUT2D eigenvalue weighted by molar-refractivity contribution is -0.139. The van der Waals surface area contributed by atoms with E-state index in [1.54, 1.807) is 32.0 Å². The largest absolute Gasteiger partial charge is 0.463 e. The van der Waals surface area contributed by atoms with Gasteiger partial charge in [-0.3, -0.25) is 0 Å². The number of urea groups is 1. The first-order chi connectivity index (χ1) is 14.8. The van der Waals surface area contributed by atoms with Crippen LogP contribution in [0.1, 0.15) is 31.0 Å². The molecule has 3 rings (SSSR count). The predicted molar refractivity (Wildman–Crippen MR) is 126 cm³/mol. The number of rotatable bonds is 5. The number of hydrogen-bond acceptors (Lipinski definition) is 4. The third kappa shape index (κ3) is 5.34. The first-order valence-electron chi connectivity index (χ1n) is 9.68. The van der Waals surface area contributed by atoms with Crippen molar-refractivity contribution in [1.82, 2.24) is 10.6 Å². The summed E-state index contributed by atoms with van der Waals surface area (Å²) in [6.07, 6.45) is 0. The van der Waals surface area contributed by atoms with Gasteiger partial charge in [0.2, 0.25) is 0 Å². The third-order valence-electron chi connectivity index (χ3n) is 4.73. The van der Waals surface area contributed by atoms with Crippen molar-refractivity contribution in [1.29, 1.82) is 0 Å². The highest BCUT2D eigenvalue weighted by Crippen LogP contribution is 2.29. The number of nitrogens with one attached hydrogen (secondary N) is 4. The molecule has 0 saturated carbocycles. The van der Waals surface area contributed by atoms with E-state index in [1.165, 1.54) is 0 Å². The van der Waals surface area contributed by atoms with Crippen LogP contribution < -0.4 is 21.3 Å². The van der Waals surface area contributed by atoms with E-state index in [0.717, 1.165) is 11.1 Å². The number of allylic oxidation sites excluding steroid dienone is 1. The van der Waals surface area contributed by atoms with Gasteiger partial charge in [-0.05, 0) is 62.3 Å². The summed E-state index contributed by atoms with van der Waals surface area (Å²) < 4.78 is 5.19. The summed E-state index contributed by atoms with van der Waals surface area (Å²) in [4.78, 5) is 24.8. The number of hydrogen-bond donors (Lipinski definition) is 4. The van der Waals surface area contributed by atoms with Gasteiger partial charge in [-0.15, -0.1) is 0 Å². The highest BCUT2D eigenvalue weighted by atomic mass is 35.5. The summed E-state index contributed by atoms with van der Waals surface area (Å²) in [5.74, 6) is -0.413. The summed E-state index contributed by atoms with van der Waals surface area (Å²) in [5, 5.41) is 12.5. The molecule has 4 N–H and O–H groups in total. The molecule has 7 nitrogen and oxygen atoms in total. The number of carbonyl (C=O) groups excluding carboxylic acids is 2. The molecule has 1 unspecified atom stereocenters. The molecule has 0 fully saturated rings. The van der Waals surface area contributed by atoms with Gasteiger partial charge in [-0.1, -0.05) is 35.9 Å². The van der Waals surface area contributed by atoms with E-state index in [-0.39, 0.29) is 6.61 Å². The number of halogens is 1. The molecule has 1 aliphatic heterocycles.